The van der Waals surface area contributed by atoms with Crippen molar-refractivity contribution in [3.63, 3.8) is 0 Å². The number of aromatic nitrogens is 1. The van der Waals surface area contributed by atoms with Gasteiger partial charge in [0, 0.05) is 18.0 Å². The van der Waals surface area contributed by atoms with Gasteiger partial charge in [0.25, 0.3) is 0 Å². The van der Waals surface area contributed by atoms with E-state index in [-0.39, 0.29) is 0 Å². The molecule has 0 aliphatic carbocycles. The minimum absolute atomic E-state index is 0.388. The Morgan fingerprint density at radius 2 is 2.00 bits per heavy atom. The Morgan fingerprint density at radius 1 is 1.25 bits per heavy atom. The lowest BCUT2D eigenvalue weighted by Crippen LogP contribution is -1.97. The van der Waals surface area contributed by atoms with Crippen molar-refractivity contribution in [1.29, 1.82) is 5.26 Å². The van der Waals surface area contributed by atoms with E-state index in [0.29, 0.717) is 17.1 Å². The van der Waals surface area contributed by atoms with Crippen molar-refractivity contribution in [3.8, 4) is 6.07 Å². The molecule has 0 saturated carbocycles. The van der Waals surface area contributed by atoms with Gasteiger partial charge in [-0.15, -0.1) is 0 Å². The van der Waals surface area contributed by atoms with Crippen LogP contribution < -0.4 is 11.1 Å². The molecule has 78 valence electrons. The highest BCUT2D eigenvalue weighted by atomic mass is 15.0. The van der Waals surface area contributed by atoms with Crippen LogP contribution in [0.1, 0.15) is 5.56 Å². The van der Waals surface area contributed by atoms with E-state index in [9.17, 15) is 0 Å². The number of nitrogen functional groups attached to an aromatic ring is 1. The van der Waals surface area contributed by atoms with Crippen LogP contribution in [0, 0.1) is 11.3 Å². The number of nitrogens with zero attached hydrogens (tertiary/aromatic N) is 2. The zero-order chi connectivity index (χ0) is 11.4. The van der Waals surface area contributed by atoms with Crippen molar-refractivity contribution in [3.05, 3.63) is 48.2 Å². The van der Waals surface area contributed by atoms with Crippen LogP contribution in [-0.4, -0.2) is 4.98 Å². The smallest absolute Gasteiger partial charge is 0.132 e. The van der Waals surface area contributed by atoms with Gasteiger partial charge < -0.3 is 11.1 Å². The number of anilines is 3. The third-order valence-corrected chi connectivity index (χ3v) is 2.10. The molecule has 0 radical (unpaired) electrons. The summed E-state index contributed by atoms with van der Waals surface area (Å²) in [5, 5.41) is 11.8. The predicted molar refractivity (Wildman–Crippen MR) is 63.1 cm³/mol. The monoisotopic (exact) mass is 210 g/mol. The van der Waals surface area contributed by atoms with Crippen LogP contribution >= 0.6 is 0 Å². The molecule has 1 aromatic carbocycles. The summed E-state index contributed by atoms with van der Waals surface area (Å²) in [6.07, 6.45) is 1.46. The van der Waals surface area contributed by atoms with Crippen molar-refractivity contribution in [1.82, 2.24) is 4.98 Å². The number of pyridine rings is 1. The zero-order valence-corrected chi connectivity index (χ0v) is 8.51. The van der Waals surface area contributed by atoms with Crippen molar-refractivity contribution in [2.45, 2.75) is 0 Å². The van der Waals surface area contributed by atoms with Gasteiger partial charge in [0.15, 0.2) is 0 Å². The van der Waals surface area contributed by atoms with E-state index in [0.717, 1.165) is 5.69 Å². The average molecular weight is 210 g/mol. The van der Waals surface area contributed by atoms with Crippen LogP contribution in [0.15, 0.2) is 42.6 Å². The van der Waals surface area contributed by atoms with Gasteiger partial charge in [0.1, 0.15) is 11.9 Å². The van der Waals surface area contributed by atoms with Crippen molar-refractivity contribution >= 4 is 17.2 Å². The quantitative estimate of drug-likeness (QED) is 0.797. The van der Waals surface area contributed by atoms with Crippen LogP contribution in [0.3, 0.4) is 0 Å². The number of nitrogens with two attached hydrogens (primary N) is 1. The Balaban J connectivity index is 2.24. The van der Waals surface area contributed by atoms with Gasteiger partial charge in [-0.3, -0.25) is 0 Å². The largest absolute Gasteiger partial charge is 0.398 e. The highest BCUT2D eigenvalue weighted by Gasteiger charge is 2.01. The first-order chi connectivity index (χ1) is 7.79. The molecule has 0 aliphatic heterocycles. The summed E-state index contributed by atoms with van der Waals surface area (Å²) < 4.78 is 0. The molecule has 0 atom stereocenters. The van der Waals surface area contributed by atoms with E-state index in [2.05, 4.69) is 10.3 Å². The number of benzene rings is 1. The summed E-state index contributed by atoms with van der Waals surface area (Å²) >= 11 is 0. The summed E-state index contributed by atoms with van der Waals surface area (Å²) in [5.74, 6) is 0.628. The summed E-state index contributed by atoms with van der Waals surface area (Å²) in [6, 6.07) is 13.3. The Labute approximate surface area is 93.4 Å². The Kier molecular flexibility index (Phi) is 2.70. The van der Waals surface area contributed by atoms with Crippen LogP contribution in [0.5, 0.6) is 0 Å². The van der Waals surface area contributed by atoms with Gasteiger partial charge in [-0.1, -0.05) is 18.2 Å². The highest BCUT2D eigenvalue weighted by molar-refractivity contribution is 5.63. The predicted octanol–water partition coefficient (Wildman–Crippen LogP) is 2.28. The summed E-state index contributed by atoms with van der Waals surface area (Å²) in [7, 11) is 0. The number of nitrogens with one attached hydrogen (secondary N) is 1. The third kappa shape index (κ3) is 2.10. The van der Waals surface area contributed by atoms with Crippen molar-refractivity contribution in [2.75, 3.05) is 11.1 Å². The molecule has 4 heteroatoms. The lowest BCUT2D eigenvalue weighted by molar-refractivity contribution is 1.29. The summed E-state index contributed by atoms with van der Waals surface area (Å²) in [4.78, 5) is 4.09. The number of hydrogen-bond acceptors (Lipinski definition) is 4. The van der Waals surface area contributed by atoms with E-state index < -0.39 is 0 Å². The third-order valence-electron chi connectivity index (χ3n) is 2.10. The van der Waals surface area contributed by atoms with Gasteiger partial charge in [-0.05, 0) is 12.1 Å². The molecule has 1 aromatic heterocycles. The second kappa shape index (κ2) is 4.32. The fraction of sp³-hybridized carbons (Fsp3) is 0. The molecule has 2 aromatic rings. The number of rotatable bonds is 2. The first-order valence-corrected chi connectivity index (χ1v) is 4.77. The molecule has 0 amide bonds. The SMILES string of the molecule is N#Cc1cnc(Nc2ccccc2)cc1N. The number of para-hydroxylation sites is 1. The molecular weight excluding hydrogens is 200 g/mol. The molecule has 3 N–H and O–H groups in total. The zero-order valence-electron chi connectivity index (χ0n) is 8.51. The Hall–Kier alpha value is -2.54. The lowest BCUT2D eigenvalue weighted by Gasteiger charge is -2.06. The lowest BCUT2D eigenvalue weighted by atomic mass is 10.2. The normalized spacial score (nSPS) is 9.44. The van der Waals surface area contributed by atoms with Gasteiger partial charge in [0.2, 0.25) is 0 Å². The molecule has 0 fully saturated rings. The molecule has 16 heavy (non-hydrogen) atoms. The minimum atomic E-state index is 0.388. The fourth-order valence-electron chi connectivity index (χ4n) is 1.30. The van der Waals surface area contributed by atoms with Crippen LogP contribution in [0.4, 0.5) is 17.2 Å². The molecule has 0 aliphatic rings. The number of nitriles is 1. The standard InChI is InChI=1S/C12H10N4/c13-7-9-8-15-12(6-11(9)14)16-10-4-2-1-3-5-10/h1-6,8H,(H3,14,15,16). The molecule has 0 bridgehead atoms. The van der Waals surface area contributed by atoms with E-state index in [1.807, 2.05) is 36.4 Å². The summed E-state index contributed by atoms with van der Waals surface area (Å²) in [5.41, 5.74) is 7.43. The Bertz CT molecular complexity index is 528. The highest BCUT2D eigenvalue weighted by Crippen LogP contribution is 2.18. The fourth-order valence-corrected chi connectivity index (χ4v) is 1.30. The second-order valence-corrected chi connectivity index (χ2v) is 3.26. The molecule has 1 heterocycles. The van der Waals surface area contributed by atoms with Crippen LogP contribution in [-0.2, 0) is 0 Å². The maximum atomic E-state index is 8.71. The second-order valence-electron chi connectivity index (χ2n) is 3.26. The maximum absolute atomic E-state index is 8.71. The van der Waals surface area contributed by atoms with Crippen LogP contribution in [0.25, 0.3) is 0 Å². The van der Waals surface area contributed by atoms with Crippen molar-refractivity contribution < 1.29 is 0 Å². The maximum Gasteiger partial charge on any atom is 0.132 e. The molecule has 2 rings (SSSR count). The van der Waals surface area contributed by atoms with Gasteiger partial charge in [-0.25, -0.2) is 4.98 Å². The van der Waals surface area contributed by atoms with Crippen LogP contribution in [0.2, 0.25) is 0 Å². The van der Waals surface area contributed by atoms with Gasteiger partial charge in [-0.2, -0.15) is 5.26 Å². The average Bonchev–Trinajstić information content (AvgIpc) is 2.31. The van der Waals surface area contributed by atoms with E-state index in [4.69, 9.17) is 11.0 Å². The van der Waals surface area contributed by atoms with E-state index >= 15 is 0 Å². The van der Waals surface area contributed by atoms with E-state index in [1.165, 1.54) is 6.20 Å². The molecule has 0 spiro atoms. The minimum Gasteiger partial charge on any atom is -0.398 e. The first-order valence-electron chi connectivity index (χ1n) is 4.77. The number of hydrogen-bond donors (Lipinski definition) is 2. The van der Waals surface area contributed by atoms with Gasteiger partial charge in [0.05, 0.1) is 11.3 Å². The molecule has 0 saturated heterocycles. The molecule has 4 nitrogen and oxygen atoms in total. The Morgan fingerprint density at radius 3 is 2.62 bits per heavy atom. The molecule has 0 unspecified atom stereocenters. The van der Waals surface area contributed by atoms with Gasteiger partial charge >= 0.3 is 0 Å². The topological polar surface area (TPSA) is 74.7 Å². The first kappa shape index (κ1) is 9.99. The molecular formula is C12H10N4. The summed E-state index contributed by atoms with van der Waals surface area (Å²) in [6.45, 7) is 0. The van der Waals surface area contributed by atoms with Crippen molar-refractivity contribution in [2.24, 2.45) is 0 Å². The van der Waals surface area contributed by atoms with E-state index in [1.54, 1.807) is 6.07 Å².